The van der Waals surface area contributed by atoms with Crippen LogP contribution in [0.3, 0.4) is 0 Å². The molecule has 0 radical (unpaired) electrons. The number of hydrogen-bond donors (Lipinski definition) is 1. The number of methoxy groups -OCH3 is 1. The van der Waals surface area contributed by atoms with Crippen LogP contribution in [0.2, 0.25) is 0 Å². The number of ether oxygens (including phenoxy) is 1. The molecule has 0 aliphatic rings. The van der Waals surface area contributed by atoms with Gasteiger partial charge in [0, 0.05) is 90.8 Å². The molecular weight excluding hydrogens is 1110 g/mol. The highest BCUT2D eigenvalue weighted by molar-refractivity contribution is 5.70. The van der Waals surface area contributed by atoms with Gasteiger partial charge >= 0.3 is 0 Å². The molecule has 5 aromatic carbocycles. The average Bonchev–Trinajstić information content (AvgIpc) is 3.92. The van der Waals surface area contributed by atoms with Crippen molar-refractivity contribution >= 4 is 0 Å². The number of hydrogen-bond acceptors (Lipinski definition) is 7. The van der Waals surface area contributed by atoms with E-state index in [9.17, 15) is 35.1 Å². The van der Waals surface area contributed by atoms with E-state index in [0.29, 0.717) is 39.8 Å². The Morgan fingerprint density at radius 1 is 0.488 bits per heavy atom. The summed E-state index contributed by atoms with van der Waals surface area (Å²) in [5, 5.41) is 14.6. The highest BCUT2D eigenvalue weighted by atomic mass is 19.3. The van der Waals surface area contributed by atoms with Gasteiger partial charge < -0.3 is 9.15 Å². The second-order valence-electron chi connectivity index (χ2n) is 22.1. The van der Waals surface area contributed by atoms with E-state index in [2.05, 4.69) is 30.4 Å². The Bertz CT molecular complexity index is 3820. The van der Waals surface area contributed by atoms with Crippen molar-refractivity contribution in [2.24, 2.45) is 14.1 Å². The minimum Gasteiger partial charge on any atom is -0.481 e. The highest BCUT2D eigenvalue weighted by Crippen LogP contribution is 2.37. The maximum Gasteiger partial charge on any atom is 0.264 e. The molecule has 0 aliphatic heterocycles. The summed E-state index contributed by atoms with van der Waals surface area (Å²) in [6, 6.07) is 24.7. The Morgan fingerprint density at radius 2 is 1.01 bits per heavy atom. The van der Waals surface area contributed by atoms with E-state index in [4.69, 9.17) is 9.15 Å². The van der Waals surface area contributed by atoms with Gasteiger partial charge in [-0.1, -0.05) is 124 Å². The van der Waals surface area contributed by atoms with Crippen molar-refractivity contribution in [1.29, 1.82) is 0 Å². The molecule has 18 heteroatoms. The third kappa shape index (κ3) is 16.8. The number of benzene rings is 5. The number of aryl methyl sites for hydroxylation is 4. The van der Waals surface area contributed by atoms with Crippen LogP contribution >= 0.6 is 0 Å². The van der Waals surface area contributed by atoms with Gasteiger partial charge in [0.25, 0.3) is 6.43 Å². The number of H-pyrrole nitrogens is 1. The number of aromatic amines is 1. The van der Waals surface area contributed by atoms with Crippen LogP contribution in [0.1, 0.15) is 150 Å². The monoisotopic (exact) mass is 1190 g/mol. The highest BCUT2D eigenvalue weighted by Gasteiger charge is 2.22. The molecule has 0 fully saturated rings. The first-order valence-corrected chi connectivity index (χ1v) is 28.1. The largest absolute Gasteiger partial charge is 0.481 e. The zero-order valence-corrected chi connectivity index (χ0v) is 51.1. The zero-order valence-electron chi connectivity index (χ0n) is 51.1. The predicted octanol–water partition coefficient (Wildman–Crippen LogP) is 19.4. The fourth-order valence-electron chi connectivity index (χ4n) is 9.26. The van der Waals surface area contributed by atoms with Gasteiger partial charge in [-0.15, -0.1) is 0 Å². The van der Waals surface area contributed by atoms with Crippen LogP contribution in [0, 0.1) is 48.8 Å². The molecule has 0 atom stereocenters. The van der Waals surface area contributed by atoms with E-state index in [0.717, 1.165) is 50.7 Å². The predicted molar refractivity (Wildman–Crippen MR) is 324 cm³/mol. The quantitative estimate of drug-likeness (QED) is 0.121. The van der Waals surface area contributed by atoms with Gasteiger partial charge in [-0.3, -0.25) is 14.5 Å². The first-order valence-electron chi connectivity index (χ1n) is 28.1. The summed E-state index contributed by atoms with van der Waals surface area (Å²) in [6.07, 6.45) is 8.88. The summed E-state index contributed by atoms with van der Waals surface area (Å²) < 4.78 is 124. The minimum absolute atomic E-state index is 0.0348. The molecule has 0 saturated heterocycles. The lowest BCUT2D eigenvalue weighted by molar-refractivity contribution is 0.152. The Kier molecular flexibility index (Phi) is 23.1. The van der Waals surface area contributed by atoms with E-state index in [-0.39, 0.29) is 69.3 Å². The van der Waals surface area contributed by atoms with E-state index in [1.807, 2.05) is 112 Å². The van der Waals surface area contributed by atoms with Crippen molar-refractivity contribution < 1.29 is 44.3 Å². The molecule has 10 nitrogen and oxygen atoms in total. The number of nitrogens with zero attached hydrogens (tertiary/aromatic N) is 7. The summed E-state index contributed by atoms with van der Waals surface area (Å²) >= 11 is 0. The van der Waals surface area contributed by atoms with E-state index >= 15 is 0 Å². The average molecular weight is 1190 g/mol. The molecular formula is C68H74F8N8O2. The number of alkyl halides is 2. The van der Waals surface area contributed by atoms with E-state index < -0.39 is 23.9 Å². The first-order chi connectivity index (χ1) is 40.7. The fourth-order valence-corrected chi connectivity index (χ4v) is 9.26. The number of halogens is 8. The molecule has 10 rings (SSSR count). The van der Waals surface area contributed by atoms with Crippen molar-refractivity contribution in [3.05, 3.63) is 214 Å². The van der Waals surface area contributed by atoms with Crippen LogP contribution in [0.25, 0.3) is 55.8 Å². The second kappa shape index (κ2) is 29.9. The first kappa shape index (κ1) is 66.5. The van der Waals surface area contributed by atoms with Gasteiger partial charge in [0.05, 0.1) is 31.4 Å². The molecule has 1 N–H and O–H groups in total. The Labute approximate surface area is 498 Å². The minimum atomic E-state index is -2.68. The van der Waals surface area contributed by atoms with E-state index in [1.54, 1.807) is 92.3 Å². The van der Waals surface area contributed by atoms with E-state index in [1.165, 1.54) is 37.7 Å². The smallest absolute Gasteiger partial charge is 0.264 e. The second-order valence-corrected chi connectivity index (χ2v) is 22.1. The Hall–Kier alpha value is -8.67. The van der Waals surface area contributed by atoms with Crippen molar-refractivity contribution in [2.45, 2.75) is 119 Å². The molecule has 10 aromatic rings. The molecule has 5 heterocycles. The summed E-state index contributed by atoms with van der Waals surface area (Å²) in [7, 11) is 5.00. The SMILES string of the molecule is CC(C)c1ccc(-c2cn[nH]c2)cc1F.CC(C)c1ccc(-c2cnn(C)c2)c(F)c1F.CC(C)c1cccc(-c2cnn(C)c2)c1F.COc1cc(-c2cc(F)c(C(C)C)cc2C(F)F)ccn1.Cc1nc(C)c(-c2ccc(C(C)C)c(F)c2)o1. The third-order valence-corrected chi connectivity index (χ3v) is 13.9. The number of rotatable bonds is 12. The lowest BCUT2D eigenvalue weighted by atomic mass is 9.93. The summed E-state index contributed by atoms with van der Waals surface area (Å²) in [4.78, 5) is 8.11. The van der Waals surface area contributed by atoms with Gasteiger partial charge in [-0.25, -0.2) is 45.1 Å². The third-order valence-electron chi connectivity index (χ3n) is 13.9. The molecule has 0 spiro atoms. The molecule has 0 bridgehead atoms. The molecule has 0 amide bonds. The molecule has 454 valence electrons. The molecule has 0 aliphatic carbocycles. The molecule has 0 saturated carbocycles. The summed E-state index contributed by atoms with van der Waals surface area (Å²) in [5.41, 5.74) is 8.91. The van der Waals surface area contributed by atoms with Crippen molar-refractivity contribution in [1.82, 2.24) is 39.7 Å². The topological polar surface area (TPSA) is 112 Å². The lowest BCUT2D eigenvalue weighted by Crippen LogP contribution is -2.00. The van der Waals surface area contributed by atoms with Crippen LogP contribution < -0.4 is 4.74 Å². The van der Waals surface area contributed by atoms with Crippen molar-refractivity contribution in [2.75, 3.05) is 7.11 Å². The lowest BCUT2D eigenvalue weighted by Gasteiger charge is -2.15. The zero-order chi connectivity index (χ0) is 63.3. The van der Waals surface area contributed by atoms with Crippen LogP contribution in [0.5, 0.6) is 5.88 Å². The maximum atomic E-state index is 14.2. The van der Waals surface area contributed by atoms with Crippen LogP contribution in [-0.4, -0.2) is 46.8 Å². The van der Waals surface area contributed by atoms with Gasteiger partial charge in [0.15, 0.2) is 23.3 Å². The number of oxazole rings is 1. The van der Waals surface area contributed by atoms with Gasteiger partial charge in [0.2, 0.25) is 5.88 Å². The Morgan fingerprint density at radius 3 is 1.49 bits per heavy atom. The Balaban J connectivity index is 0.000000173. The van der Waals surface area contributed by atoms with Gasteiger partial charge in [-0.2, -0.15) is 15.3 Å². The number of aromatic nitrogens is 8. The summed E-state index contributed by atoms with van der Waals surface area (Å²) in [6.45, 7) is 22.7. The van der Waals surface area contributed by atoms with Crippen molar-refractivity contribution in [3.63, 3.8) is 0 Å². The van der Waals surface area contributed by atoms with Crippen LogP contribution in [0.4, 0.5) is 35.1 Å². The van der Waals surface area contributed by atoms with Crippen LogP contribution in [0.15, 0.2) is 139 Å². The normalized spacial score (nSPS) is 11.1. The molecule has 5 aromatic heterocycles. The summed E-state index contributed by atoms with van der Waals surface area (Å²) in [5.74, 6) is -0.591. The molecule has 0 unspecified atom stereocenters. The van der Waals surface area contributed by atoms with Crippen molar-refractivity contribution in [3.8, 4) is 61.7 Å². The number of nitrogens with one attached hydrogen (secondary N) is 1. The van der Waals surface area contributed by atoms with Gasteiger partial charge in [-0.05, 0) is 111 Å². The fraction of sp³-hybridized carbons (Fsp3) is 0.309. The van der Waals surface area contributed by atoms with Gasteiger partial charge in [0.1, 0.15) is 23.3 Å². The number of pyridine rings is 1. The van der Waals surface area contributed by atoms with Crippen LogP contribution in [-0.2, 0) is 14.1 Å². The molecule has 86 heavy (non-hydrogen) atoms. The standard InChI is InChI=1S/C16H16F3NO.C14H16FNO.C13H14F2N2.C13H15FN2.C12H13FN2/c1-9(2)11-7-13(16(18)19)12(8-14(11)17)10-4-5-20-15(6-10)21-3;1-8(2)12-6-5-11(7-13(12)15)14-9(3)16-10(4)17-14;1-8(2)10-4-5-11(13(15)12(10)14)9-6-16-17(3)7-9;1-9(2)11-5-4-6-12(13(11)14)10-7-15-16(3)8-10;1-8(2)11-4-3-9(5-12(11)13)10-6-14-15-7-10/h4-9,16H,1-3H3;5-8H,1-4H3;4-8H,1-3H3;4-9H,1-3H3;3-8H,1-2H3,(H,14,15). The maximum absolute atomic E-state index is 14.2.